The van der Waals surface area contributed by atoms with Gasteiger partial charge in [0.1, 0.15) is 0 Å². The third kappa shape index (κ3) is 5.56. The van der Waals surface area contributed by atoms with Gasteiger partial charge in [-0.15, -0.1) is 11.8 Å². The van der Waals surface area contributed by atoms with E-state index in [0.29, 0.717) is 17.3 Å². The molecule has 3 atom stereocenters. The topological polar surface area (TPSA) is 109 Å². The molecule has 1 saturated heterocycles. The maximum atomic E-state index is 10.3. The number of nitrogens with two attached hydrogens (primary N) is 1. The van der Waals surface area contributed by atoms with Crippen molar-refractivity contribution in [3.63, 3.8) is 0 Å². The van der Waals surface area contributed by atoms with Crippen LogP contribution in [-0.2, 0) is 0 Å². The lowest BCUT2D eigenvalue weighted by Gasteiger charge is -2.45. The molecule has 6 N–H and O–H groups in total. The first kappa shape index (κ1) is 24.4. The Kier molecular flexibility index (Phi) is 8.06. The Hall–Kier alpha value is -2.25. The second-order valence-corrected chi connectivity index (χ2v) is 10.5. The van der Waals surface area contributed by atoms with Gasteiger partial charge in [0.05, 0.1) is 11.0 Å². The Balaban J connectivity index is 0.000000668. The number of aliphatic hydroxyl groups is 1. The highest BCUT2D eigenvalue weighted by atomic mass is 32.2. The number of thioether (sulfide) groups is 1. The summed E-state index contributed by atoms with van der Waals surface area (Å²) in [5, 5.41) is 26.4. The van der Waals surface area contributed by atoms with E-state index in [1.807, 2.05) is 32.2 Å². The number of para-hydroxylation sites is 1. The van der Waals surface area contributed by atoms with Gasteiger partial charge >= 0.3 is 0 Å². The monoisotopic (exact) mass is 455 g/mol. The second kappa shape index (κ2) is 10.6. The molecule has 0 radical (unpaired) electrons. The van der Waals surface area contributed by atoms with Crippen molar-refractivity contribution in [2.75, 3.05) is 12.3 Å². The molecule has 1 aromatic carbocycles. The average Bonchev–Trinajstić information content (AvgIpc) is 3.23. The van der Waals surface area contributed by atoms with E-state index in [4.69, 9.17) is 16.6 Å². The number of allylic oxidation sites excluding steroid dienone is 1. The molecule has 6 nitrogen and oxygen atoms in total. The summed E-state index contributed by atoms with van der Waals surface area (Å²) in [6.45, 7) is 7.11. The average molecular weight is 456 g/mol. The minimum absolute atomic E-state index is 0.331. The molecular weight excluding hydrogens is 418 g/mol. The van der Waals surface area contributed by atoms with Crippen LogP contribution in [-0.4, -0.2) is 46.0 Å². The summed E-state index contributed by atoms with van der Waals surface area (Å²) in [5.41, 5.74) is 10.7. The third-order valence-electron chi connectivity index (χ3n) is 6.46. The van der Waals surface area contributed by atoms with Crippen molar-refractivity contribution in [3.05, 3.63) is 46.5 Å². The zero-order valence-electron chi connectivity index (χ0n) is 19.4. The number of nitrogen functional groups attached to an aromatic ring is 1. The number of anilines is 1. The van der Waals surface area contributed by atoms with Gasteiger partial charge in [-0.1, -0.05) is 18.2 Å². The van der Waals surface area contributed by atoms with Crippen molar-refractivity contribution in [2.24, 2.45) is 5.92 Å². The molecule has 1 saturated carbocycles. The van der Waals surface area contributed by atoms with Crippen LogP contribution in [0.4, 0.5) is 5.69 Å². The minimum atomic E-state index is -0.772. The molecule has 2 aliphatic heterocycles. The molecule has 7 heteroatoms. The smallest absolute Gasteiger partial charge is 0.0913 e. The zero-order chi connectivity index (χ0) is 23.3. The van der Waals surface area contributed by atoms with Gasteiger partial charge in [0.15, 0.2) is 0 Å². The molecular formula is C25H37N5OS. The Labute approximate surface area is 196 Å². The summed E-state index contributed by atoms with van der Waals surface area (Å²) in [6.07, 6.45) is 9.91. The van der Waals surface area contributed by atoms with Gasteiger partial charge in [0, 0.05) is 59.0 Å². The fraction of sp³-hybridized carbons (Fsp3) is 0.520. The van der Waals surface area contributed by atoms with Crippen LogP contribution < -0.4 is 11.1 Å². The van der Waals surface area contributed by atoms with Crippen molar-refractivity contribution >= 4 is 35.6 Å². The van der Waals surface area contributed by atoms with Crippen molar-refractivity contribution in [3.8, 4) is 0 Å². The van der Waals surface area contributed by atoms with Crippen molar-refractivity contribution in [1.29, 1.82) is 10.8 Å². The predicted octanol–water partition coefficient (Wildman–Crippen LogP) is 4.82. The number of likely N-dealkylation sites (tertiary alicyclic amines) is 1. The van der Waals surface area contributed by atoms with Gasteiger partial charge < -0.3 is 31.9 Å². The number of piperidine rings is 1. The zero-order valence-corrected chi connectivity index (χ0v) is 20.2. The lowest BCUT2D eigenvalue weighted by molar-refractivity contribution is 0.129. The van der Waals surface area contributed by atoms with Gasteiger partial charge in [-0.25, -0.2) is 0 Å². The first-order chi connectivity index (χ1) is 15.3. The van der Waals surface area contributed by atoms with Gasteiger partial charge in [0.25, 0.3) is 0 Å². The molecule has 0 spiro atoms. The molecule has 1 aliphatic carbocycles. The van der Waals surface area contributed by atoms with Crippen molar-refractivity contribution in [2.45, 2.75) is 69.9 Å². The molecule has 2 unspecified atom stereocenters. The number of rotatable bonds is 5. The van der Waals surface area contributed by atoms with Gasteiger partial charge in [-0.05, 0) is 64.5 Å². The fourth-order valence-electron chi connectivity index (χ4n) is 4.46. The lowest BCUT2D eigenvalue weighted by atomic mass is 9.84. The van der Waals surface area contributed by atoms with Gasteiger partial charge in [-0.2, -0.15) is 0 Å². The number of nitrogens with one attached hydrogen (secondary N) is 3. The van der Waals surface area contributed by atoms with E-state index in [2.05, 4.69) is 29.3 Å². The molecule has 32 heavy (non-hydrogen) atoms. The molecule has 174 valence electrons. The second-order valence-electron chi connectivity index (χ2n) is 9.34. The van der Waals surface area contributed by atoms with E-state index in [9.17, 15) is 5.11 Å². The normalized spacial score (nSPS) is 25.0. The van der Waals surface area contributed by atoms with Crippen LogP contribution in [0.25, 0.3) is 5.70 Å². The molecule has 3 aliphatic rings. The van der Waals surface area contributed by atoms with Crippen LogP contribution in [0.15, 0.2) is 40.9 Å². The minimum Gasteiger partial charge on any atom is -0.398 e. The first-order valence-electron chi connectivity index (χ1n) is 11.4. The molecule has 2 fully saturated rings. The molecule has 4 rings (SSSR count). The van der Waals surface area contributed by atoms with E-state index in [-0.39, 0.29) is 0 Å². The highest BCUT2D eigenvalue weighted by molar-refractivity contribution is 8.04. The number of hydrogen-bond acceptors (Lipinski definition) is 7. The van der Waals surface area contributed by atoms with Gasteiger partial charge in [-0.3, -0.25) is 0 Å². The summed E-state index contributed by atoms with van der Waals surface area (Å²) in [6, 6.07) is 8.85. The summed E-state index contributed by atoms with van der Waals surface area (Å²) >= 11 is 1.80. The Morgan fingerprint density at radius 3 is 2.44 bits per heavy atom. The Morgan fingerprint density at radius 2 is 1.91 bits per heavy atom. The molecule has 0 aromatic heterocycles. The third-order valence-corrected chi connectivity index (χ3v) is 8.11. The van der Waals surface area contributed by atoms with Crippen LogP contribution in [0.5, 0.6) is 0 Å². The summed E-state index contributed by atoms with van der Waals surface area (Å²) in [7, 11) is 0. The summed E-state index contributed by atoms with van der Waals surface area (Å²) in [5.74, 6) is 0.540. The van der Waals surface area contributed by atoms with E-state index >= 15 is 0 Å². The van der Waals surface area contributed by atoms with Crippen molar-refractivity contribution < 1.29 is 5.11 Å². The van der Waals surface area contributed by atoms with E-state index in [1.54, 1.807) is 17.3 Å². The predicted molar refractivity (Wildman–Crippen MR) is 137 cm³/mol. The molecule has 1 aromatic rings. The Bertz CT molecular complexity index is 877. The molecule has 2 heterocycles. The lowest BCUT2D eigenvalue weighted by Crippen LogP contribution is -2.46. The van der Waals surface area contributed by atoms with E-state index in [1.165, 1.54) is 43.4 Å². The van der Waals surface area contributed by atoms with E-state index < -0.39 is 5.60 Å². The summed E-state index contributed by atoms with van der Waals surface area (Å²) < 4.78 is 0. The van der Waals surface area contributed by atoms with Crippen LogP contribution >= 0.6 is 11.8 Å². The van der Waals surface area contributed by atoms with Crippen molar-refractivity contribution in [1.82, 2.24) is 10.2 Å². The van der Waals surface area contributed by atoms with Crippen LogP contribution in [0.1, 0.15) is 58.4 Å². The highest BCUT2D eigenvalue weighted by Crippen LogP contribution is 2.44. The summed E-state index contributed by atoms with van der Waals surface area (Å²) in [4.78, 5) is 3.66. The van der Waals surface area contributed by atoms with Crippen LogP contribution in [0.3, 0.4) is 0 Å². The maximum Gasteiger partial charge on any atom is 0.0913 e. The standard InChI is InChI=1S/C23H33N3OS.C2H4N2/c1-15-11-12-17(22-25-13-20(28-22)23(2,3)27)14-26(15)21(16-7-6-8-16)18-9-4-5-10-19(18)24;3-1-2-4/h4-5,9-10,13,15,17,22,25,27H,6-8,11-12,14,24H2,1-3H3;1-4H/t15-,17?,22?;/m1./s1. The largest absolute Gasteiger partial charge is 0.398 e. The van der Waals surface area contributed by atoms with Crippen LogP contribution in [0.2, 0.25) is 0 Å². The van der Waals surface area contributed by atoms with Crippen LogP contribution in [0, 0.1) is 16.7 Å². The number of hydrogen-bond donors (Lipinski definition) is 5. The maximum absolute atomic E-state index is 10.3. The quantitative estimate of drug-likeness (QED) is 0.323. The fourth-order valence-corrected chi connectivity index (χ4v) is 5.71. The highest BCUT2D eigenvalue weighted by Gasteiger charge is 2.38. The molecule has 0 bridgehead atoms. The molecule has 0 amide bonds. The van der Waals surface area contributed by atoms with Gasteiger partial charge in [0.2, 0.25) is 0 Å². The number of benzene rings is 1. The number of nitrogens with zero attached hydrogens (tertiary/aromatic N) is 1. The first-order valence-corrected chi connectivity index (χ1v) is 12.3. The van der Waals surface area contributed by atoms with E-state index in [0.717, 1.165) is 29.6 Å². The Morgan fingerprint density at radius 1 is 1.22 bits per heavy atom. The SMILES string of the molecule is C[C@@H]1CCC(C2NC=C(C(C)(C)O)S2)CN1C(=C1CCC1)c1ccccc1N.N=CC=N.